The molecule has 0 atom stereocenters. The Kier molecular flexibility index (Phi) is 5.97. The van der Waals surface area contributed by atoms with Crippen molar-refractivity contribution in [1.82, 2.24) is 10.2 Å². The van der Waals surface area contributed by atoms with E-state index in [2.05, 4.69) is 10.2 Å². The second kappa shape index (κ2) is 7.98. The van der Waals surface area contributed by atoms with Gasteiger partial charge in [0.1, 0.15) is 0 Å². The van der Waals surface area contributed by atoms with Crippen LogP contribution in [0.15, 0.2) is 0 Å². The minimum absolute atomic E-state index is 0.0983. The Labute approximate surface area is 141 Å². The summed E-state index contributed by atoms with van der Waals surface area (Å²) in [5, 5.41) is 13.0. The Morgan fingerprint density at radius 3 is 2.17 bits per heavy atom. The standard InChI is InChI=1S/C19H34N2O2/c22-18(23)16-7-9-17(10-8-16)20-15-19(11-3-1-4-12-19)21-13-5-2-6-14-21/h16-17,20H,1-15H2,(H,22,23). The molecule has 2 saturated carbocycles. The van der Waals surface area contributed by atoms with Crippen LogP contribution in [0.25, 0.3) is 0 Å². The highest BCUT2D eigenvalue weighted by molar-refractivity contribution is 5.70. The molecule has 0 spiro atoms. The van der Waals surface area contributed by atoms with E-state index in [4.69, 9.17) is 5.11 Å². The monoisotopic (exact) mass is 322 g/mol. The van der Waals surface area contributed by atoms with E-state index in [1.54, 1.807) is 0 Å². The zero-order chi connectivity index (χ0) is 16.1. The number of piperidine rings is 1. The predicted octanol–water partition coefficient (Wildman–Crippen LogP) is 3.41. The predicted molar refractivity (Wildman–Crippen MR) is 92.6 cm³/mol. The Bertz CT molecular complexity index is 379. The minimum Gasteiger partial charge on any atom is -0.481 e. The number of likely N-dealkylation sites (tertiary alicyclic amines) is 1. The molecule has 23 heavy (non-hydrogen) atoms. The fourth-order valence-corrected chi connectivity index (χ4v) is 5.06. The zero-order valence-corrected chi connectivity index (χ0v) is 14.6. The summed E-state index contributed by atoms with van der Waals surface area (Å²) in [5.74, 6) is -0.695. The smallest absolute Gasteiger partial charge is 0.306 e. The highest BCUT2D eigenvalue weighted by Crippen LogP contribution is 2.35. The first-order chi connectivity index (χ1) is 11.2. The van der Waals surface area contributed by atoms with Crippen LogP contribution >= 0.6 is 0 Å². The molecule has 0 aromatic rings. The largest absolute Gasteiger partial charge is 0.481 e. The highest BCUT2D eigenvalue weighted by atomic mass is 16.4. The molecule has 0 radical (unpaired) electrons. The van der Waals surface area contributed by atoms with Crippen LogP contribution in [-0.2, 0) is 4.79 Å². The van der Waals surface area contributed by atoms with Crippen LogP contribution in [0.5, 0.6) is 0 Å². The van der Waals surface area contributed by atoms with Crippen molar-refractivity contribution >= 4 is 5.97 Å². The number of rotatable bonds is 5. The van der Waals surface area contributed by atoms with Crippen molar-refractivity contribution in [2.24, 2.45) is 5.92 Å². The number of carboxylic acid groups (broad SMARTS) is 1. The highest BCUT2D eigenvalue weighted by Gasteiger charge is 2.38. The van der Waals surface area contributed by atoms with Gasteiger partial charge in [-0.2, -0.15) is 0 Å². The summed E-state index contributed by atoms with van der Waals surface area (Å²) >= 11 is 0. The van der Waals surface area contributed by atoms with Crippen molar-refractivity contribution in [2.75, 3.05) is 19.6 Å². The zero-order valence-electron chi connectivity index (χ0n) is 14.6. The summed E-state index contributed by atoms with van der Waals surface area (Å²) in [6.45, 7) is 3.69. The molecule has 3 fully saturated rings. The molecular formula is C19H34N2O2. The quantitative estimate of drug-likeness (QED) is 0.814. The van der Waals surface area contributed by atoms with Gasteiger partial charge in [0, 0.05) is 18.1 Å². The van der Waals surface area contributed by atoms with Gasteiger partial charge in [-0.05, 0) is 64.5 Å². The maximum Gasteiger partial charge on any atom is 0.306 e. The van der Waals surface area contributed by atoms with Gasteiger partial charge in [-0.1, -0.05) is 25.7 Å². The summed E-state index contributed by atoms with van der Waals surface area (Å²) in [7, 11) is 0. The second-order valence-electron chi connectivity index (χ2n) is 8.10. The van der Waals surface area contributed by atoms with Gasteiger partial charge in [-0.25, -0.2) is 0 Å². The summed E-state index contributed by atoms with van der Waals surface area (Å²) < 4.78 is 0. The molecule has 0 aromatic carbocycles. The number of hydrogen-bond donors (Lipinski definition) is 2. The van der Waals surface area contributed by atoms with Crippen LogP contribution in [0.1, 0.15) is 77.0 Å². The van der Waals surface area contributed by atoms with Gasteiger partial charge in [0.05, 0.1) is 5.92 Å². The lowest BCUT2D eigenvalue weighted by molar-refractivity contribution is -0.142. The van der Waals surface area contributed by atoms with Crippen molar-refractivity contribution < 1.29 is 9.90 Å². The van der Waals surface area contributed by atoms with E-state index < -0.39 is 5.97 Å². The molecule has 3 aliphatic rings. The SMILES string of the molecule is O=C(O)C1CCC(NCC2(N3CCCCC3)CCCCC2)CC1. The molecule has 2 N–H and O–H groups in total. The first-order valence-electron chi connectivity index (χ1n) is 9.91. The van der Waals surface area contributed by atoms with Crippen LogP contribution in [0, 0.1) is 5.92 Å². The van der Waals surface area contributed by atoms with E-state index in [0.29, 0.717) is 11.6 Å². The average molecular weight is 322 g/mol. The van der Waals surface area contributed by atoms with Crippen molar-refractivity contribution in [2.45, 2.75) is 88.6 Å². The summed E-state index contributed by atoms with van der Waals surface area (Å²) in [5.41, 5.74) is 0.391. The molecule has 132 valence electrons. The third-order valence-corrected chi connectivity index (χ3v) is 6.61. The van der Waals surface area contributed by atoms with E-state index in [0.717, 1.165) is 32.2 Å². The van der Waals surface area contributed by atoms with E-state index in [1.807, 2.05) is 0 Å². The molecule has 1 aliphatic heterocycles. The Hall–Kier alpha value is -0.610. The van der Waals surface area contributed by atoms with Gasteiger partial charge in [0.2, 0.25) is 0 Å². The van der Waals surface area contributed by atoms with Crippen molar-refractivity contribution in [3.8, 4) is 0 Å². The number of nitrogens with zero attached hydrogens (tertiary/aromatic N) is 1. The van der Waals surface area contributed by atoms with E-state index >= 15 is 0 Å². The van der Waals surface area contributed by atoms with Gasteiger partial charge in [0.25, 0.3) is 0 Å². The lowest BCUT2D eigenvalue weighted by Gasteiger charge is -2.49. The van der Waals surface area contributed by atoms with Gasteiger partial charge in [-0.3, -0.25) is 9.69 Å². The maximum absolute atomic E-state index is 11.1. The number of aliphatic carboxylic acids is 1. The first kappa shape index (κ1) is 17.2. The molecule has 4 nitrogen and oxygen atoms in total. The van der Waals surface area contributed by atoms with E-state index in [-0.39, 0.29) is 5.92 Å². The van der Waals surface area contributed by atoms with Crippen LogP contribution in [0.2, 0.25) is 0 Å². The lowest BCUT2D eigenvalue weighted by atomic mass is 9.78. The van der Waals surface area contributed by atoms with Gasteiger partial charge in [0.15, 0.2) is 0 Å². The Morgan fingerprint density at radius 2 is 1.57 bits per heavy atom. The van der Waals surface area contributed by atoms with Crippen LogP contribution in [0.3, 0.4) is 0 Å². The molecule has 1 heterocycles. The topological polar surface area (TPSA) is 52.6 Å². The third-order valence-electron chi connectivity index (χ3n) is 6.61. The normalized spacial score (nSPS) is 32.5. The lowest BCUT2D eigenvalue weighted by Crippen LogP contribution is -2.58. The van der Waals surface area contributed by atoms with Gasteiger partial charge in [-0.15, -0.1) is 0 Å². The fourth-order valence-electron chi connectivity index (χ4n) is 5.06. The van der Waals surface area contributed by atoms with Crippen molar-refractivity contribution in [3.63, 3.8) is 0 Å². The first-order valence-corrected chi connectivity index (χ1v) is 9.91. The average Bonchev–Trinajstić information content (AvgIpc) is 2.62. The summed E-state index contributed by atoms with van der Waals surface area (Å²) in [4.78, 5) is 13.9. The molecule has 0 bridgehead atoms. The molecule has 0 amide bonds. The number of carbonyl (C=O) groups is 1. The minimum atomic E-state index is -0.597. The number of nitrogens with one attached hydrogen (secondary N) is 1. The molecule has 4 heteroatoms. The van der Waals surface area contributed by atoms with Crippen LogP contribution < -0.4 is 5.32 Å². The Balaban J connectivity index is 1.53. The van der Waals surface area contributed by atoms with E-state index in [1.165, 1.54) is 64.5 Å². The van der Waals surface area contributed by atoms with Crippen LogP contribution in [0.4, 0.5) is 0 Å². The second-order valence-corrected chi connectivity index (χ2v) is 8.10. The summed E-state index contributed by atoms with van der Waals surface area (Å²) in [6, 6.07) is 0.536. The molecule has 1 saturated heterocycles. The summed E-state index contributed by atoms with van der Waals surface area (Å²) in [6.07, 6.45) is 14.8. The molecule has 0 unspecified atom stereocenters. The number of hydrogen-bond acceptors (Lipinski definition) is 3. The number of carboxylic acids is 1. The van der Waals surface area contributed by atoms with Crippen molar-refractivity contribution in [1.29, 1.82) is 0 Å². The van der Waals surface area contributed by atoms with Gasteiger partial charge >= 0.3 is 5.97 Å². The molecular weight excluding hydrogens is 288 g/mol. The van der Waals surface area contributed by atoms with Gasteiger partial charge < -0.3 is 10.4 Å². The maximum atomic E-state index is 11.1. The fraction of sp³-hybridized carbons (Fsp3) is 0.947. The van der Waals surface area contributed by atoms with E-state index in [9.17, 15) is 4.79 Å². The molecule has 0 aromatic heterocycles. The molecule has 3 rings (SSSR count). The van der Waals surface area contributed by atoms with Crippen molar-refractivity contribution in [3.05, 3.63) is 0 Å². The third kappa shape index (κ3) is 4.27. The van der Waals surface area contributed by atoms with Crippen LogP contribution in [-0.4, -0.2) is 47.2 Å². The molecule has 2 aliphatic carbocycles. The Morgan fingerprint density at radius 1 is 0.957 bits per heavy atom.